The Balaban J connectivity index is 0.000000152. The fraction of sp³-hybridized carbons (Fsp3) is 0.0333. The van der Waals surface area contributed by atoms with E-state index in [2.05, 4.69) is 31.9 Å². The number of hydrogen-bond donors (Lipinski definition) is 4. The van der Waals surface area contributed by atoms with E-state index in [0.29, 0.717) is 50.7 Å². The van der Waals surface area contributed by atoms with E-state index in [1.165, 1.54) is 20.3 Å². The second kappa shape index (κ2) is 24.0. The fourth-order valence-corrected chi connectivity index (χ4v) is 7.95. The van der Waals surface area contributed by atoms with Gasteiger partial charge in [0.05, 0.1) is 48.0 Å². The minimum Gasteiger partial charge on any atom is -0.478 e. The van der Waals surface area contributed by atoms with E-state index in [-0.39, 0.29) is 34.5 Å². The van der Waals surface area contributed by atoms with E-state index < -0.39 is 17.9 Å². The lowest BCUT2D eigenvalue weighted by Crippen LogP contribution is -2.15. The third kappa shape index (κ3) is 12.8. The predicted molar refractivity (Wildman–Crippen MR) is 290 cm³/mol. The minimum atomic E-state index is -1.12. The van der Waals surface area contributed by atoms with Crippen LogP contribution in [0.5, 0.6) is 0 Å². The smallest absolute Gasteiger partial charge is 0.339 e. The number of carbonyl (C=O) groups excluding carboxylic acids is 5. The van der Waals surface area contributed by atoms with Gasteiger partial charge in [0, 0.05) is 43.1 Å². The van der Waals surface area contributed by atoms with Crippen molar-refractivity contribution in [2.24, 2.45) is 0 Å². The number of benzene rings is 8. The number of nitrogens with one attached hydrogen (secondary N) is 3. The number of halogens is 1. The standard InChI is InChI=1S/C23H17NO4.C22H15NO4.C15H12BrNO3/c1-27-23(26)18-12-11-17(21-14-16-9-5-6-10-20(16)28-21)13-19(18)24-22(25)15-7-3-2-4-8-15;24-21(14-6-2-1-3-7-14)23-18-12-16(10-11-17(18)22(25)26)20-13-15-8-4-5-9-19(15)27-20;1-20-15(19)12-8-7-11(16)9-13(12)17-14(18)10-5-3-2-4-6-10/h2-14H,1H3,(H,24,25);1-13H,(H,23,24)(H,25,26);2-9H,1H3,(H,17,18). The molecular weight excluding hydrogens is 1020 g/mol. The van der Waals surface area contributed by atoms with Gasteiger partial charge in [0.25, 0.3) is 17.7 Å². The third-order valence-electron chi connectivity index (χ3n) is 11.3. The number of hydrogen-bond acceptors (Lipinski definition) is 10. The number of anilines is 3. The van der Waals surface area contributed by atoms with Gasteiger partial charge in [-0.25, -0.2) is 14.4 Å². The van der Waals surface area contributed by atoms with E-state index in [1.807, 2.05) is 78.9 Å². The van der Waals surface area contributed by atoms with Crippen LogP contribution in [0.1, 0.15) is 62.1 Å². The molecule has 2 heterocycles. The van der Waals surface area contributed by atoms with Gasteiger partial charge in [0.2, 0.25) is 0 Å². The number of fused-ring (bicyclic) bond motifs is 2. The van der Waals surface area contributed by atoms with Crippen LogP contribution in [0, 0.1) is 0 Å². The van der Waals surface area contributed by atoms with E-state index in [4.69, 9.17) is 18.3 Å². The summed E-state index contributed by atoms with van der Waals surface area (Å²) in [7, 11) is 2.60. The summed E-state index contributed by atoms with van der Waals surface area (Å²) in [6.45, 7) is 0. The highest BCUT2D eigenvalue weighted by atomic mass is 79.9. The second-order valence-corrected chi connectivity index (χ2v) is 17.2. The van der Waals surface area contributed by atoms with Crippen molar-refractivity contribution >= 4 is 90.6 Å². The highest BCUT2D eigenvalue weighted by Crippen LogP contribution is 2.33. The van der Waals surface area contributed by atoms with Gasteiger partial charge in [-0.1, -0.05) is 119 Å². The normalized spacial score (nSPS) is 10.4. The molecule has 0 atom stereocenters. The van der Waals surface area contributed by atoms with Crippen LogP contribution in [0.25, 0.3) is 44.6 Å². The molecule has 2 aromatic heterocycles. The maximum absolute atomic E-state index is 12.6. The van der Waals surface area contributed by atoms with Crippen LogP contribution in [0.4, 0.5) is 17.1 Å². The summed E-state index contributed by atoms with van der Waals surface area (Å²) in [6, 6.07) is 60.1. The van der Waals surface area contributed by atoms with Crippen molar-refractivity contribution < 1.29 is 52.2 Å². The molecule has 15 heteroatoms. The average Bonchev–Trinajstić information content (AvgIpc) is 4.09. The molecule has 10 aromatic rings. The number of carboxylic acids is 1. The summed E-state index contributed by atoms with van der Waals surface area (Å²) in [5, 5.41) is 19.6. The first-order valence-corrected chi connectivity index (χ1v) is 23.7. The van der Waals surface area contributed by atoms with Crippen LogP contribution in [-0.4, -0.2) is 55.0 Å². The van der Waals surface area contributed by atoms with Crippen LogP contribution < -0.4 is 16.0 Å². The highest BCUT2D eigenvalue weighted by molar-refractivity contribution is 9.10. The molecule has 8 aromatic carbocycles. The first-order chi connectivity index (χ1) is 36.4. The predicted octanol–water partition coefficient (Wildman–Crippen LogP) is 13.7. The Morgan fingerprint density at radius 3 is 1.15 bits per heavy atom. The van der Waals surface area contributed by atoms with E-state index >= 15 is 0 Å². The summed E-state index contributed by atoms with van der Waals surface area (Å²) in [6.07, 6.45) is 0. The minimum absolute atomic E-state index is 0.0131. The van der Waals surface area contributed by atoms with Crippen LogP contribution in [0.2, 0.25) is 0 Å². The molecule has 3 amide bonds. The fourth-order valence-electron chi connectivity index (χ4n) is 7.58. The Bertz CT molecular complexity index is 3640. The Morgan fingerprint density at radius 2 is 0.760 bits per heavy atom. The van der Waals surface area contributed by atoms with Gasteiger partial charge in [0.1, 0.15) is 22.7 Å². The van der Waals surface area contributed by atoms with Crippen molar-refractivity contribution in [1.82, 2.24) is 0 Å². The summed E-state index contributed by atoms with van der Waals surface area (Å²) in [4.78, 5) is 72.5. The van der Waals surface area contributed by atoms with Crippen LogP contribution >= 0.6 is 15.9 Å². The molecule has 10 rings (SSSR count). The van der Waals surface area contributed by atoms with Gasteiger partial charge in [-0.15, -0.1) is 0 Å². The summed E-state index contributed by atoms with van der Waals surface area (Å²) < 4.78 is 22.0. The van der Waals surface area contributed by atoms with Crippen molar-refractivity contribution in [3.63, 3.8) is 0 Å². The highest BCUT2D eigenvalue weighted by Gasteiger charge is 2.20. The van der Waals surface area contributed by atoms with E-state index in [0.717, 1.165) is 32.0 Å². The maximum atomic E-state index is 12.6. The molecule has 0 bridgehead atoms. The Labute approximate surface area is 437 Å². The molecule has 14 nitrogen and oxygen atoms in total. The van der Waals surface area contributed by atoms with Crippen molar-refractivity contribution in [2.45, 2.75) is 0 Å². The molecule has 372 valence electrons. The summed E-state index contributed by atoms with van der Waals surface area (Å²) in [5.74, 6) is -1.87. The lowest BCUT2D eigenvalue weighted by molar-refractivity contribution is 0.0592. The number of carbonyl (C=O) groups is 6. The zero-order valence-corrected chi connectivity index (χ0v) is 41.6. The lowest BCUT2D eigenvalue weighted by atomic mass is 10.1. The first kappa shape index (κ1) is 51.5. The average molecular weight is 1060 g/mol. The molecule has 0 aliphatic carbocycles. The molecule has 75 heavy (non-hydrogen) atoms. The molecule has 0 aliphatic heterocycles. The molecule has 0 aliphatic rings. The van der Waals surface area contributed by atoms with E-state index in [9.17, 15) is 33.9 Å². The molecule has 0 fully saturated rings. The van der Waals surface area contributed by atoms with Gasteiger partial charge in [0.15, 0.2) is 0 Å². The van der Waals surface area contributed by atoms with Crippen molar-refractivity contribution in [2.75, 3.05) is 30.2 Å². The number of esters is 2. The summed E-state index contributed by atoms with van der Waals surface area (Å²) in [5.41, 5.74) is 5.96. The molecule has 0 unspecified atom stereocenters. The maximum Gasteiger partial charge on any atom is 0.339 e. The van der Waals surface area contributed by atoms with Crippen LogP contribution in [0.3, 0.4) is 0 Å². The number of para-hydroxylation sites is 2. The number of ether oxygens (including phenoxy) is 2. The van der Waals surface area contributed by atoms with Crippen molar-refractivity contribution in [3.05, 3.63) is 244 Å². The number of furan rings is 2. The monoisotopic (exact) mass is 1060 g/mol. The van der Waals surface area contributed by atoms with Gasteiger partial charge >= 0.3 is 17.9 Å². The zero-order chi connectivity index (χ0) is 52.8. The molecular formula is C60H44BrN3O11. The zero-order valence-electron chi connectivity index (χ0n) is 40.0. The van der Waals surface area contributed by atoms with Gasteiger partial charge in [-0.3, -0.25) is 14.4 Å². The molecule has 0 saturated carbocycles. The topological polar surface area (TPSA) is 203 Å². The quantitative estimate of drug-likeness (QED) is 0.0897. The lowest BCUT2D eigenvalue weighted by Gasteiger charge is -2.11. The number of methoxy groups -OCH3 is 2. The molecule has 0 spiro atoms. The van der Waals surface area contributed by atoms with Gasteiger partial charge in [-0.05, 0) is 103 Å². The van der Waals surface area contributed by atoms with E-state index in [1.54, 1.807) is 121 Å². The number of rotatable bonds is 11. The van der Waals surface area contributed by atoms with Gasteiger partial charge < -0.3 is 39.4 Å². The van der Waals surface area contributed by atoms with Crippen molar-refractivity contribution in [3.8, 4) is 22.6 Å². The molecule has 4 N–H and O–H groups in total. The summed E-state index contributed by atoms with van der Waals surface area (Å²) >= 11 is 3.31. The third-order valence-corrected chi connectivity index (χ3v) is 11.8. The van der Waals surface area contributed by atoms with Crippen LogP contribution in [-0.2, 0) is 9.47 Å². The van der Waals surface area contributed by atoms with Gasteiger partial charge in [-0.2, -0.15) is 0 Å². The number of carboxylic acid groups (broad SMARTS) is 1. The Hall–Kier alpha value is -9.86. The first-order valence-electron chi connectivity index (χ1n) is 22.9. The molecule has 0 saturated heterocycles. The second-order valence-electron chi connectivity index (χ2n) is 16.3. The Kier molecular flexibility index (Phi) is 16.5. The molecule has 0 radical (unpaired) electrons. The van der Waals surface area contributed by atoms with Crippen molar-refractivity contribution in [1.29, 1.82) is 0 Å². The largest absolute Gasteiger partial charge is 0.478 e. The number of aromatic carboxylic acids is 1. The Morgan fingerprint density at radius 1 is 0.413 bits per heavy atom. The SMILES string of the molecule is COC(=O)c1ccc(-c2cc3ccccc3o2)cc1NC(=O)c1ccccc1.COC(=O)c1ccc(Br)cc1NC(=O)c1ccccc1.O=C(Nc1cc(-c2cc3ccccc3o2)ccc1C(=O)O)c1ccccc1. The van der Waals surface area contributed by atoms with Crippen LogP contribution in [0.15, 0.2) is 220 Å². The number of amides is 3.